The van der Waals surface area contributed by atoms with Crippen LogP contribution < -0.4 is 5.32 Å². The molecule has 0 aliphatic heterocycles. The van der Waals surface area contributed by atoms with Gasteiger partial charge in [-0.05, 0) is 29.8 Å². The van der Waals surface area contributed by atoms with Gasteiger partial charge >= 0.3 is 0 Å². The van der Waals surface area contributed by atoms with Crippen LogP contribution in [0.2, 0.25) is 0 Å². The SMILES string of the molecule is O=CNc1cc(-c2[c]cccc2O)ccc1O. The largest absolute Gasteiger partial charge is 0.507 e. The number of carbonyl (C=O) groups excluding carboxylic acids is 1. The third-order valence-corrected chi connectivity index (χ3v) is 2.33. The lowest BCUT2D eigenvalue weighted by atomic mass is 10.0. The molecule has 3 N–H and O–H groups in total. The molecule has 0 spiro atoms. The van der Waals surface area contributed by atoms with Gasteiger partial charge in [0.15, 0.2) is 0 Å². The molecule has 4 nitrogen and oxygen atoms in total. The lowest BCUT2D eigenvalue weighted by molar-refractivity contribution is -0.105. The van der Waals surface area contributed by atoms with Gasteiger partial charge in [0.25, 0.3) is 0 Å². The van der Waals surface area contributed by atoms with Gasteiger partial charge < -0.3 is 15.5 Å². The average Bonchev–Trinajstić information content (AvgIpc) is 2.33. The maximum atomic E-state index is 10.4. The normalized spacial score (nSPS) is 9.88. The number of phenolic OH excluding ortho intramolecular Hbond substituents is 2. The predicted octanol–water partition coefficient (Wildman–Crippen LogP) is 2.13. The standard InChI is InChI=1S/C13H10NO3/c15-8-14-11-7-9(5-6-13(11)17)10-3-1-2-4-12(10)16/h1-2,4-8,16-17H,(H,14,15). The summed E-state index contributed by atoms with van der Waals surface area (Å²) >= 11 is 0. The first kappa shape index (κ1) is 11.0. The molecule has 2 aromatic rings. The van der Waals surface area contributed by atoms with Crippen molar-refractivity contribution >= 4 is 12.1 Å². The van der Waals surface area contributed by atoms with E-state index in [1.54, 1.807) is 30.3 Å². The van der Waals surface area contributed by atoms with E-state index in [0.29, 0.717) is 17.5 Å². The predicted molar refractivity (Wildman–Crippen MR) is 63.7 cm³/mol. The van der Waals surface area contributed by atoms with Crippen molar-refractivity contribution in [3.05, 3.63) is 42.5 Å². The molecule has 0 aliphatic carbocycles. The molecule has 17 heavy (non-hydrogen) atoms. The van der Waals surface area contributed by atoms with Crippen LogP contribution in [-0.4, -0.2) is 16.6 Å². The minimum Gasteiger partial charge on any atom is -0.507 e. The van der Waals surface area contributed by atoms with Gasteiger partial charge in [0.2, 0.25) is 6.41 Å². The first-order valence-corrected chi connectivity index (χ1v) is 4.95. The molecule has 2 rings (SSSR count). The van der Waals surface area contributed by atoms with Crippen LogP contribution in [0.4, 0.5) is 5.69 Å². The summed E-state index contributed by atoms with van der Waals surface area (Å²) in [5, 5.41) is 21.5. The van der Waals surface area contributed by atoms with E-state index in [-0.39, 0.29) is 17.2 Å². The fourth-order valence-electron chi connectivity index (χ4n) is 1.53. The highest BCUT2D eigenvalue weighted by Gasteiger charge is 2.07. The number of nitrogens with one attached hydrogen (secondary N) is 1. The summed E-state index contributed by atoms with van der Waals surface area (Å²) in [6, 6.07) is 12.4. The van der Waals surface area contributed by atoms with E-state index in [0.717, 1.165) is 0 Å². The molecule has 0 unspecified atom stereocenters. The summed E-state index contributed by atoms with van der Waals surface area (Å²) in [6.07, 6.45) is 0.480. The van der Waals surface area contributed by atoms with Crippen LogP contribution in [0.3, 0.4) is 0 Å². The molecule has 0 aliphatic rings. The molecule has 1 radical (unpaired) electrons. The second-order valence-electron chi connectivity index (χ2n) is 3.42. The summed E-state index contributed by atoms with van der Waals surface area (Å²) in [5.74, 6) is 0.0616. The summed E-state index contributed by atoms with van der Waals surface area (Å²) < 4.78 is 0. The van der Waals surface area contributed by atoms with Gasteiger partial charge in [-0.3, -0.25) is 4.79 Å². The van der Waals surface area contributed by atoms with E-state index in [1.807, 2.05) is 0 Å². The number of hydrogen-bond donors (Lipinski definition) is 3. The molecule has 1 amide bonds. The highest BCUT2D eigenvalue weighted by Crippen LogP contribution is 2.33. The van der Waals surface area contributed by atoms with Crippen LogP contribution in [0, 0.1) is 6.07 Å². The zero-order valence-corrected chi connectivity index (χ0v) is 8.84. The third kappa shape index (κ3) is 2.20. The van der Waals surface area contributed by atoms with Gasteiger partial charge in [-0.15, -0.1) is 0 Å². The number of aromatic hydroxyl groups is 2. The van der Waals surface area contributed by atoms with Gasteiger partial charge in [0, 0.05) is 5.56 Å². The van der Waals surface area contributed by atoms with Crippen molar-refractivity contribution in [2.75, 3.05) is 5.32 Å². The van der Waals surface area contributed by atoms with Crippen LogP contribution in [0.25, 0.3) is 11.1 Å². The molecule has 0 atom stereocenters. The maximum Gasteiger partial charge on any atom is 0.211 e. The zero-order chi connectivity index (χ0) is 12.3. The van der Waals surface area contributed by atoms with Crippen molar-refractivity contribution < 1.29 is 15.0 Å². The molecule has 0 saturated carbocycles. The number of amides is 1. The van der Waals surface area contributed by atoms with Crippen molar-refractivity contribution in [3.8, 4) is 22.6 Å². The second-order valence-corrected chi connectivity index (χ2v) is 3.42. The topological polar surface area (TPSA) is 69.6 Å². The number of carbonyl (C=O) groups is 1. The monoisotopic (exact) mass is 228 g/mol. The van der Waals surface area contributed by atoms with Crippen LogP contribution >= 0.6 is 0 Å². The summed E-state index contributed by atoms with van der Waals surface area (Å²) in [7, 11) is 0. The van der Waals surface area contributed by atoms with E-state index in [4.69, 9.17) is 0 Å². The number of phenols is 2. The quantitative estimate of drug-likeness (QED) is 0.556. The van der Waals surface area contributed by atoms with Crippen LogP contribution in [-0.2, 0) is 4.79 Å². The van der Waals surface area contributed by atoms with Crippen molar-refractivity contribution in [2.24, 2.45) is 0 Å². The fraction of sp³-hybridized carbons (Fsp3) is 0. The number of rotatable bonds is 3. The van der Waals surface area contributed by atoms with E-state index in [9.17, 15) is 15.0 Å². The molecule has 0 fully saturated rings. The highest BCUT2D eigenvalue weighted by atomic mass is 16.3. The van der Waals surface area contributed by atoms with Gasteiger partial charge in [-0.1, -0.05) is 18.2 Å². The first-order valence-electron chi connectivity index (χ1n) is 4.95. The Hall–Kier alpha value is -2.49. The van der Waals surface area contributed by atoms with Crippen molar-refractivity contribution in [1.29, 1.82) is 0 Å². The Morgan fingerprint density at radius 3 is 2.71 bits per heavy atom. The Morgan fingerprint density at radius 1 is 1.18 bits per heavy atom. The van der Waals surface area contributed by atoms with E-state index < -0.39 is 0 Å². The minimum atomic E-state index is -0.0312. The lowest BCUT2D eigenvalue weighted by Crippen LogP contribution is -1.94. The number of anilines is 1. The van der Waals surface area contributed by atoms with Crippen LogP contribution in [0.15, 0.2) is 36.4 Å². The Labute approximate surface area is 98.2 Å². The van der Waals surface area contributed by atoms with Gasteiger partial charge in [-0.2, -0.15) is 0 Å². The van der Waals surface area contributed by atoms with Crippen LogP contribution in [0.1, 0.15) is 0 Å². The van der Waals surface area contributed by atoms with E-state index in [2.05, 4.69) is 11.4 Å². The Balaban J connectivity index is 2.50. The molecule has 2 aromatic carbocycles. The second kappa shape index (κ2) is 4.57. The molecular weight excluding hydrogens is 218 g/mol. The summed E-state index contributed by atoms with van der Waals surface area (Å²) in [5.41, 5.74) is 1.46. The third-order valence-electron chi connectivity index (χ3n) is 2.33. The van der Waals surface area contributed by atoms with Gasteiger partial charge in [0.05, 0.1) is 5.69 Å². The minimum absolute atomic E-state index is 0.0312. The zero-order valence-electron chi connectivity index (χ0n) is 8.84. The summed E-state index contributed by atoms with van der Waals surface area (Å²) in [4.78, 5) is 10.4. The van der Waals surface area contributed by atoms with E-state index >= 15 is 0 Å². The van der Waals surface area contributed by atoms with Crippen molar-refractivity contribution in [3.63, 3.8) is 0 Å². The van der Waals surface area contributed by atoms with Crippen LogP contribution in [0.5, 0.6) is 11.5 Å². The average molecular weight is 228 g/mol. The van der Waals surface area contributed by atoms with Crippen molar-refractivity contribution in [1.82, 2.24) is 0 Å². The molecular formula is C13H10NO3. The Bertz CT molecular complexity index is 552. The molecule has 4 heteroatoms. The summed E-state index contributed by atoms with van der Waals surface area (Å²) in [6.45, 7) is 0. The Kier molecular flexibility index (Phi) is 2.96. The molecule has 0 aromatic heterocycles. The number of benzene rings is 2. The van der Waals surface area contributed by atoms with Crippen molar-refractivity contribution in [2.45, 2.75) is 0 Å². The van der Waals surface area contributed by atoms with E-state index in [1.165, 1.54) is 6.07 Å². The fourth-order valence-corrected chi connectivity index (χ4v) is 1.53. The van der Waals surface area contributed by atoms with Gasteiger partial charge in [0.1, 0.15) is 11.5 Å². The molecule has 0 saturated heterocycles. The van der Waals surface area contributed by atoms with Gasteiger partial charge in [-0.25, -0.2) is 0 Å². The molecule has 85 valence electrons. The first-order chi connectivity index (χ1) is 8.22. The number of hydrogen-bond acceptors (Lipinski definition) is 3. The smallest absolute Gasteiger partial charge is 0.211 e. The molecule has 0 heterocycles. The lowest BCUT2D eigenvalue weighted by Gasteiger charge is -2.07. The molecule has 0 bridgehead atoms. The Morgan fingerprint density at radius 2 is 2.00 bits per heavy atom. The highest BCUT2D eigenvalue weighted by molar-refractivity contribution is 5.81. The maximum absolute atomic E-state index is 10.4.